The topological polar surface area (TPSA) is 38.3 Å². The third-order valence-electron chi connectivity index (χ3n) is 4.90. The number of benzene rings is 2. The first-order chi connectivity index (χ1) is 12.0. The first kappa shape index (κ1) is 17.7. The Morgan fingerprint density at radius 2 is 1.72 bits per heavy atom. The van der Waals surface area contributed by atoms with E-state index < -0.39 is 0 Å². The van der Waals surface area contributed by atoms with Gasteiger partial charge in [-0.2, -0.15) is 0 Å². The molecule has 1 aliphatic rings. The van der Waals surface area contributed by atoms with E-state index in [1.54, 1.807) is 6.92 Å². The van der Waals surface area contributed by atoms with Crippen LogP contribution in [0.4, 0.5) is 0 Å². The second-order valence-electron chi connectivity index (χ2n) is 7.23. The van der Waals surface area contributed by atoms with Gasteiger partial charge in [0.25, 0.3) is 0 Å². The molecule has 1 amide bonds. The largest absolute Gasteiger partial charge is 0.370 e. The zero-order valence-corrected chi connectivity index (χ0v) is 15.2. The van der Waals surface area contributed by atoms with Gasteiger partial charge in [0.1, 0.15) is 0 Å². The Kier molecular flexibility index (Phi) is 5.54. The highest BCUT2D eigenvalue weighted by Crippen LogP contribution is 2.38. The van der Waals surface area contributed by atoms with E-state index in [9.17, 15) is 4.79 Å². The lowest BCUT2D eigenvalue weighted by Crippen LogP contribution is -2.43. The molecular weight excluding hydrogens is 310 g/mol. The van der Waals surface area contributed by atoms with Crippen LogP contribution in [0, 0.1) is 5.92 Å². The molecule has 0 bridgehead atoms. The molecule has 1 N–H and O–H groups in total. The Morgan fingerprint density at radius 3 is 2.40 bits per heavy atom. The fraction of sp³-hybridized carbons (Fsp3) is 0.409. The molecule has 1 heterocycles. The standard InChI is InChI=1S/C22H27NO2/c1-15(2)21-13-18(23-16(3)24)14-22(25-21)20-12-8-7-11-19(20)17-9-5-4-6-10-17/h4-12,15,18,21-22H,13-14H2,1-3H3,(H,23,24)/t18-,21-,22+/m1/s1. The molecule has 1 aliphatic heterocycles. The number of carbonyl (C=O) groups is 1. The second kappa shape index (κ2) is 7.83. The SMILES string of the molecule is CC(=O)N[C@H]1C[C@@H](c2ccccc2-c2ccccc2)O[C@@H](C(C)C)C1. The van der Waals surface area contributed by atoms with Gasteiger partial charge in [0.15, 0.2) is 0 Å². The number of nitrogens with one attached hydrogen (secondary N) is 1. The first-order valence-corrected chi connectivity index (χ1v) is 9.11. The zero-order chi connectivity index (χ0) is 17.8. The molecule has 0 aliphatic carbocycles. The number of rotatable bonds is 4. The molecule has 0 spiro atoms. The van der Waals surface area contributed by atoms with E-state index in [4.69, 9.17) is 4.74 Å². The Balaban J connectivity index is 1.93. The maximum atomic E-state index is 11.6. The molecule has 0 aromatic heterocycles. The van der Waals surface area contributed by atoms with Crippen molar-refractivity contribution in [3.8, 4) is 11.1 Å². The number of amides is 1. The Labute approximate surface area is 150 Å². The monoisotopic (exact) mass is 337 g/mol. The highest BCUT2D eigenvalue weighted by Gasteiger charge is 2.33. The van der Waals surface area contributed by atoms with Gasteiger partial charge in [0, 0.05) is 13.0 Å². The quantitative estimate of drug-likeness (QED) is 0.875. The molecule has 132 valence electrons. The van der Waals surface area contributed by atoms with Crippen molar-refractivity contribution < 1.29 is 9.53 Å². The van der Waals surface area contributed by atoms with Crippen molar-refractivity contribution in [2.45, 2.75) is 51.9 Å². The van der Waals surface area contributed by atoms with Crippen molar-refractivity contribution in [2.75, 3.05) is 0 Å². The molecule has 3 heteroatoms. The predicted molar refractivity (Wildman–Crippen MR) is 101 cm³/mol. The summed E-state index contributed by atoms with van der Waals surface area (Å²) in [6.45, 7) is 5.95. The fourth-order valence-electron chi connectivity index (χ4n) is 3.65. The van der Waals surface area contributed by atoms with Crippen molar-refractivity contribution >= 4 is 5.91 Å². The van der Waals surface area contributed by atoms with Crippen LogP contribution in [-0.2, 0) is 9.53 Å². The average Bonchev–Trinajstić information content (AvgIpc) is 2.61. The van der Waals surface area contributed by atoms with E-state index in [0.717, 1.165) is 12.8 Å². The van der Waals surface area contributed by atoms with Crippen LogP contribution in [0.15, 0.2) is 54.6 Å². The van der Waals surface area contributed by atoms with Crippen LogP contribution in [0.5, 0.6) is 0 Å². The van der Waals surface area contributed by atoms with E-state index >= 15 is 0 Å². The average molecular weight is 337 g/mol. The van der Waals surface area contributed by atoms with Gasteiger partial charge in [-0.3, -0.25) is 4.79 Å². The summed E-state index contributed by atoms with van der Waals surface area (Å²) in [4.78, 5) is 11.6. The van der Waals surface area contributed by atoms with Gasteiger partial charge in [-0.15, -0.1) is 0 Å². The van der Waals surface area contributed by atoms with Crippen molar-refractivity contribution in [2.24, 2.45) is 5.92 Å². The normalized spacial score (nSPS) is 23.4. The van der Waals surface area contributed by atoms with Crippen LogP contribution < -0.4 is 5.32 Å². The van der Waals surface area contributed by atoms with Gasteiger partial charge in [-0.25, -0.2) is 0 Å². The van der Waals surface area contributed by atoms with Gasteiger partial charge in [0.2, 0.25) is 5.91 Å². The van der Waals surface area contributed by atoms with Crippen molar-refractivity contribution in [3.63, 3.8) is 0 Å². The number of hydrogen-bond acceptors (Lipinski definition) is 2. The number of ether oxygens (including phenoxy) is 1. The summed E-state index contributed by atoms with van der Waals surface area (Å²) in [6, 6.07) is 19.0. The Bertz CT molecular complexity index is 711. The van der Waals surface area contributed by atoms with Gasteiger partial charge >= 0.3 is 0 Å². The van der Waals surface area contributed by atoms with Crippen molar-refractivity contribution in [3.05, 3.63) is 60.2 Å². The molecule has 0 saturated carbocycles. The van der Waals surface area contributed by atoms with Crippen LogP contribution >= 0.6 is 0 Å². The smallest absolute Gasteiger partial charge is 0.217 e. The van der Waals surface area contributed by atoms with E-state index in [1.165, 1.54) is 16.7 Å². The molecule has 3 atom stereocenters. The highest BCUT2D eigenvalue weighted by atomic mass is 16.5. The van der Waals surface area contributed by atoms with Gasteiger partial charge in [-0.1, -0.05) is 68.4 Å². The lowest BCUT2D eigenvalue weighted by atomic mass is 9.87. The minimum Gasteiger partial charge on any atom is -0.370 e. The van der Waals surface area contributed by atoms with Crippen LogP contribution in [0.3, 0.4) is 0 Å². The van der Waals surface area contributed by atoms with Crippen LogP contribution in [-0.4, -0.2) is 18.1 Å². The van der Waals surface area contributed by atoms with Gasteiger partial charge < -0.3 is 10.1 Å². The third kappa shape index (κ3) is 4.29. The molecule has 2 aromatic carbocycles. The molecule has 0 radical (unpaired) electrons. The first-order valence-electron chi connectivity index (χ1n) is 9.11. The predicted octanol–water partition coefficient (Wildman–Crippen LogP) is 4.73. The van der Waals surface area contributed by atoms with Crippen molar-refractivity contribution in [1.29, 1.82) is 0 Å². The summed E-state index contributed by atoms with van der Waals surface area (Å²) in [5.41, 5.74) is 3.61. The lowest BCUT2D eigenvalue weighted by molar-refractivity contribution is -0.123. The van der Waals surface area contributed by atoms with E-state index in [1.807, 2.05) is 6.07 Å². The third-order valence-corrected chi connectivity index (χ3v) is 4.90. The van der Waals surface area contributed by atoms with Gasteiger partial charge in [-0.05, 0) is 35.4 Å². The minimum absolute atomic E-state index is 0.00518. The van der Waals surface area contributed by atoms with E-state index in [2.05, 4.69) is 67.7 Å². The fourth-order valence-corrected chi connectivity index (χ4v) is 3.65. The summed E-state index contributed by atoms with van der Waals surface area (Å²) < 4.78 is 6.46. The van der Waals surface area contributed by atoms with Crippen LogP contribution in [0.1, 0.15) is 45.3 Å². The summed E-state index contributed by atoms with van der Waals surface area (Å²) in [6.07, 6.45) is 1.84. The molecule has 1 fully saturated rings. The number of hydrogen-bond donors (Lipinski definition) is 1. The summed E-state index contributed by atoms with van der Waals surface area (Å²) in [5.74, 6) is 0.451. The number of carbonyl (C=O) groups excluding carboxylic acids is 1. The molecule has 0 unspecified atom stereocenters. The Hall–Kier alpha value is -2.13. The second-order valence-corrected chi connectivity index (χ2v) is 7.23. The summed E-state index contributed by atoms with van der Waals surface area (Å²) >= 11 is 0. The molecule has 3 rings (SSSR count). The summed E-state index contributed by atoms with van der Waals surface area (Å²) in [7, 11) is 0. The minimum atomic E-state index is -0.00518. The lowest BCUT2D eigenvalue weighted by Gasteiger charge is -2.38. The molecular formula is C22H27NO2. The Morgan fingerprint density at radius 1 is 1.04 bits per heavy atom. The highest BCUT2D eigenvalue weighted by molar-refractivity contribution is 5.73. The zero-order valence-electron chi connectivity index (χ0n) is 15.2. The van der Waals surface area contributed by atoms with Crippen LogP contribution in [0.25, 0.3) is 11.1 Å². The maximum Gasteiger partial charge on any atom is 0.217 e. The summed E-state index contributed by atoms with van der Waals surface area (Å²) in [5, 5.41) is 3.11. The molecule has 3 nitrogen and oxygen atoms in total. The maximum absolute atomic E-state index is 11.6. The van der Waals surface area contributed by atoms with Crippen LogP contribution in [0.2, 0.25) is 0 Å². The molecule has 2 aromatic rings. The van der Waals surface area contributed by atoms with Gasteiger partial charge in [0.05, 0.1) is 12.2 Å². The van der Waals surface area contributed by atoms with Crippen molar-refractivity contribution in [1.82, 2.24) is 5.32 Å². The van der Waals surface area contributed by atoms with E-state index in [-0.39, 0.29) is 24.2 Å². The molecule has 1 saturated heterocycles. The molecule has 25 heavy (non-hydrogen) atoms. The van der Waals surface area contributed by atoms with E-state index in [0.29, 0.717) is 5.92 Å².